The Hall–Kier alpha value is -0.130. The van der Waals surface area contributed by atoms with Gasteiger partial charge in [-0.1, -0.05) is 6.92 Å². The first-order valence-electron chi connectivity index (χ1n) is 5.16. The van der Waals surface area contributed by atoms with Crippen molar-refractivity contribution < 1.29 is 8.42 Å². The summed E-state index contributed by atoms with van der Waals surface area (Å²) in [4.78, 5) is 2.16. The highest BCUT2D eigenvalue weighted by atomic mass is 32.2. The van der Waals surface area contributed by atoms with Gasteiger partial charge in [0, 0.05) is 26.2 Å². The predicted octanol–water partition coefficient (Wildman–Crippen LogP) is 0.362. The van der Waals surface area contributed by atoms with Crippen LogP contribution >= 0.6 is 0 Å². The first-order valence-corrected chi connectivity index (χ1v) is 6.66. The zero-order valence-corrected chi connectivity index (χ0v) is 10.0. The molecule has 0 aromatic carbocycles. The molecule has 4 nitrogen and oxygen atoms in total. The van der Waals surface area contributed by atoms with E-state index >= 15 is 0 Å². The van der Waals surface area contributed by atoms with Gasteiger partial charge in [0.15, 0.2) is 0 Å². The van der Waals surface area contributed by atoms with Gasteiger partial charge in [0.25, 0.3) is 0 Å². The van der Waals surface area contributed by atoms with Gasteiger partial charge in [0.2, 0.25) is 10.0 Å². The van der Waals surface area contributed by atoms with Crippen LogP contribution in [0.15, 0.2) is 0 Å². The maximum atomic E-state index is 11.9. The SMILES string of the molecule is CCC(C)S(=O)(=O)N1CCN(C)CC1. The normalized spacial score (nSPS) is 23.6. The van der Waals surface area contributed by atoms with E-state index in [9.17, 15) is 8.42 Å². The van der Waals surface area contributed by atoms with Crippen molar-refractivity contribution in [1.82, 2.24) is 9.21 Å². The molecule has 0 N–H and O–H groups in total. The second-order valence-corrected chi connectivity index (χ2v) is 6.32. The summed E-state index contributed by atoms with van der Waals surface area (Å²) >= 11 is 0. The van der Waals surface area contributed by atoms with Gasteiger partial charge in [-0.15, -0.1) is 0 Å². The molecule has 0 aliphatic carbocycles. The van der Waals surface area contributed by atoms with Crippen LogP contribution in [0, 0.1) is 0 Å². The van der Waals surface area contributed by atoms with Gasteiger partial charge in [-0.25, -0.2) is 8.42 Å². The topological polar surface area (TPSA) is 40.6 Å². The van der Waals surface area contributed by atoms with Crippen LogP contribution in [0.1, 0.15) is 20.3 Å². The molecular weight excluding hydrogens is 200 g/mol. The number of piperazine rings is 1. The lowest BCUT2D eigenvalue weighted by atomic mass is 10.4. The Balaban J connectivity index is 2.65. The largest absolute Gasteiger partial charge is 0.304 e. The summed E-state index contributed by atoms with van der Waals surface area (Å²) < 4.78 is 25.5. The second kappa shape index (κ2) is 4.59. The van der Waals surface area contributed by atoms with Crippen molar-refractivity contribution in [3.63, 3.8) is 0 Å². The number of hydrogen-bond acceptors (Lipinski definition) is 3. The highest BCUT2D eigenvalue weighted by molar-refractivity contribution is 7.89. The van der Waals surface area contributed by atoms with Gasteiger partial charge in [-0.05, 0) is 20.4 Å². The van der Waals surface area contributed by atoms with Crippen LogP contribution in [0.25, 0.3) is 0 Å². The number of nitrogens with zero attached hydrogens (tertiary/aromatic N) is 2. The summed E-state index contributed by atoms with van der Waals surface area (Å²) in [6.45, 7) is 6.67. The summed E-state index contributed by atoms with van der Waals surface area (Å²) in [5.41, 5.74) is 0. The average molecular weight is 220 g/mol. The molecule has 0 amide bonds. The molecule has 1 aliphatic rings. The van der Waals surface area contributed by atoms with Gasteiger partial charge in [0.1, 0.15) is 0 Å². The lowest BCUT2D eigenvalue weighted by molar-refractivity contribution is 0.221. The molecule has 1 aliphatic heterocycles. The second-order valence-electron chi connectivity index (χ2n) is 3.97. The van der Waals surface area contributed by atoms with Crippen molar-refractivity contribution in [2.24, 2.45) is 0 Å². The van der Waals surface area contributed by atoms with E-state index in [0.717, 1.165) is 13.1 Å². The van der Waals surface area contributed by atoms with Crippen LogP contribution < -0.4 is 0 Å². The molecular formula is C9H20N2O2S. The third-order valence-corrected chi connectivity index (χ3v) is 5.34. The standard InChI is InChI=1S/C9H20N2O2S/c1-4-9(2)14(12,13)11-7-5-10(3)6-8-11/h9H,4-8H2,1-3H3. The number of sulfonamides is 1. The van der Waals surface area contributed by atoms with E-state index in [1.165, 1.54) is 0 Å². The molecule has 1 heterocycles. The first-order chi connectivity index (χ1) is 6.48. The van der Waals surface area contributed by atoms with E-state index in [1.54, 1.807) is 11.2 Å². The minimum absolute atomic E-state index is 0.245. The molecule has 0 radical (unpaired) electrons. The van der Waals surface area contributed by atoms with Crippen LogP contribution in [0.2, 0.25) is 0 Å². The summed E-state index contributed by atoms with van der Waals surface area (Å²) in [5.74, 6) is 0. The molecule has 0 bridgehead atoms. The highest BCUT2D eigenvalue weighted by Gasteiger charge is 2.29. The molecule has 84 valence electrons. The Bertz CT molecular complexity index is 269. The predicted molar refractivity (Wildman–Crippen MR) is 57.7 cm³/mol. The van der Waals surface area contributed by atoms with Crippen molar-refractivity contribution in [3.8, 4) is 0 Å². The van der Waals surface area contributed by atoms with E-state index in [-0.39, 0.29) is 5.25 Å². The molecule has 0 aromatic rings. The number of rotatable bonds is 3. The maximum absolute atomic E-state index is 11.9. The van der Waals surface area contributed by atoms with E-state index in [0.29, 0.717) is 19.5 Å². The van der Waals surface area contributed by atoms with Crippen molar-refractivity contribution in [2.75, 3.05) is 33.2 Å². The van der Waals surface area contributed by atoms with Crippen LogP contribution in [-0.4, -0.2) is 56.1 Å². The molecule has 1 saturated heterocycles. The summed E-state index contributed by atoms with van der Waals surface area (Å²) in [6, 6.07) is 0. The maximum Gasteiger partial charge on any atom is 0.216 e. The highest BCUT2D eigenvalue weighted by Crippen LogP contribution is 2.13. The number of likely N-dealkylation sites (N-methyl/N-ethyl adjacent to an activating group) is 1. The molecule has 1 atom stereocenters. The number of hydrogen-bond donors (Lipinski definition) is 0. The Morgan fingerprint density at radius 1 is 1.21 bits per heavy atom. The molecule has 1 rings (SSSR count). The monoisotopic (exact) mass is 220 g/mol. The molecule has 0 saturated carbocycles. The minimum atomic E-state index is -3.03. The molecule has 1 unspecified atom stereocenters. The average Bonchev–Trinajstić information content (AvgIpc) is 2.17. The fraction of sp³-hybridized carbons (Fsp3) is 1.00. The Labute approximate surface area is 86.9 Å². The Kier molecular flexibility index (Phi) is 3.92. The molecule has 1 fully saturated rings. The Morgan fingerprint density at radius 3 is 2.14 bits per heavy atom. The molecule has 14 heavy (non-hydrogen) atoms. The zero-order valence-electron chi connectivity index (χ0n) is 9.23. The lowest BCUT2D eigenvalue weighted by Crippen LogP contribution is -2.49. The third kappa shape index (κ3) is 2.46. The molecule has 5 heteroatoms. The van der Waals surface area contributed by atoms with Gasteiger partial charge >= 0.3 is 0 Å². The van der Waals surface area contributed by atoms with Crippen LogP contribution in [-0.2, 0) is 10.0 Å². The Morgan fingerprint density at radius 2 is 1.71 bits per heavy atom. The first kappa shape index (κ1) is 11.9. The smallest absolute Gasteiger partial charge is 0.216 e. The summed E-state index contributed by atoms with van der Waals surface area (Å²) in [7, 11) is -1.01. The van der Waals surface area contributed by atoms with Crippen molar-refractivity contribution in [1.29, 1.82) is 0 Å². The van der Waals surface area contributed by atoms with E-state index in [2.05, 4.69) is 4.90 Å². The van der Waals surface area contributed by atoms with E-state index in [1.807, 2.05) is 14.0 Å². The van der Waals surface area contributed by atoms with Crippen molar-refractivity contribution in [2.45, 2.75) is 25.5 Å². The van der Waals surface area contributed by atoms with Crippen LogP contribution in [0.4, 0.5) is 0 Å². The quantitative estimate of drug-likeness (QED) is 0.689. The fourth-order valence-electron chi connectivity index (χ4n) is 1.51. The van der Waals surface area contributed by atoms with Gasteiger partial charge in [-0.3, -0.25) is 0 Å². The van der Waals surface area contributed by atoms with Crippen molar-refractivity contribution >= 4 is 10.0 Å². The third-order valence-electron chi connectivity index (χ3n) is 2.91. The minimum Gasteiger partial charge on any atom is -0.304 e. The van der Waals surface area contributed by atoms with Gasteiger partial charge < -0.3 is 4.90 Å². The zero-order chi connectivity index (χ0) is 10.8. The molecule has 0 spiro atoms. The van der Waals surface area contributed by atoms with Gasteiger partial charge in [0.05, 0.1) is 5.25 Å². The molecule has 0 aromatic heterocycles. The summed E-state index contributed by atoms with van der Waals surface area (Å²) in [5, 5.41) is -0.245. The van der Waals surface area contributed by atoms with Gasteiger partial charge in [-0.2, -0.15) is 4.31 Å². The van der Waals surface area contributed by atoms with E-state index in [4.69, 9.17) is 0 Å². The summed E-state index contributed by atoms with van der Waals surface area (Å²) in [6.07, 6.45) is 0.689. The van der Waals surface area contributed by atoms with Crippen molar-refractivity contribution in [3.05, 3.63) is 0 Å². The van der Waals surface area contributed by atoms with Crippen LogP contribution in [0.3, 0.4) is 0 Å². The van der Waals surface area contributed by atoms with Crippen LogP contribution in [0.5, 0.6) is 0 Å². The van der Waals surface area contributed by atoms with E-state index < -0.39 is 10.0 Å². The fourth-order valence-corrected chi connectivity index (χ4v) is 3.11. The lowest BCUT2D eigenvalue weighted by Gasteiger charge is -2.33.